The maximum Gasteiger partial charge on any atom is 0.0697 e. The summed E-state index contributed by atoms with van der Waals surface area (Å²) < 4.78 is 5.95. The van der Waals surface area contributed by atoms with Gasteiger partial charge in [0.1, 0.15) is 0 Å². The molecular formula is C12H21NOS. The lowest BCUT2D eigenvalue weighted by Gasteiger charge is -2.47. The molecule has 2 unspecified atom stereocenters. The quantitative estimate of drug-likeness (QED) is 0.781. The summed E-state index contributed by atoms with van der Waals surface area (Å²) in [5.74, 6) is 2.68. The van der Waals surface area contributed by atoms with Crippen LogP contribution in [0, 0.1) is 0 Å². The summed E-state index contributed by atoms with van der Waals surface area (Å²) in [5.41, 5.74) is 0.307. The summed E-state index contributed by atoms with van der Waals surface area (Å²) in [4.78, 5) is 0. The smallest absolute Gasteiger partial charge is 0.0697 e. The van der Waals surface area contributed by atoms with Crippen molar-refractivity contribution in [2.75, 3.05) is 18.1 Å². The summed E-state index contributed by atoms with van der Waals surface area (Å²) in [6.07, 6.45) is 7.87. The molecule has 15 heavy (non-hydrogen) atoms. The highest BCUT2D eigenvalue weighted by molar-refractivity contribution is 7.99. The Balaban J connectivity index is 1.52. The van der Waals surface area contributed by atoms with E-state index in [0.717, 1.165) is 18.7 Å². The Morgan fingerprint density at radius 1 is 1.20 bits per heavy atom. The van der Waals surface area contributed by atoms with Gasteiger partial charge in [0.15, 0.2) is 0 Å². The summed E-state index contributed by atoms with van der Waals surface area (Å²) >= 11 is 2.10. The standard InChI is InChI=1S/C12H21NOS/c1-4-12(5-1)8-10(2-6-14-12)13-11-3-7-15-9-11/h10-11,13H,1-9H2. The van der Waals surface area contributed by atoms with Gasteiger partial charge in [-0.1, -0.05) is 0 Å². The van der Waals surface area contributed by atoms with Crippen molar-refractivity contribution in [1.29, 1.82) is 0 Å². The Bertz CT molecular complexity index is 224. The summed E-state index contributed by atoms with van der Waals surface area (Å²) in [6, 6.07) is 1.53. The van der Waals surface area contributed by atoms with Crippen LogP contribution in [0.2, 0.25) is 0 Å². The molecule has 2 aliphatic heterocycles. The van der Waals surface area contributed by atoms with Crippen LogP contribution >= 0.6 is 11.8 Å². The van der Waals surface area contributed by atoms with Crippen molar-refractivity contribution < 1.29 is 4.74 Å². The van der Waals surface area contributed by atoms with Gasteiger partial charge >= 0.3 is 0 Å². The number of rotatable bonds is 2. The molecule has 1 spiro atoms. The van der Waals surface area contributed by atoms with Gasteiger partial charge in [0.25, 0.3) is 0 Å². The fourth-order valence-corrected chi connectivity index (χ4v) is 4.25. The molecule has 0 aromatic heterocycles. The van der Waals surface area contributed by atoms with E-state index >= 15 is 0 Å². The monoisotopic (exact) mass is 227 g/mol. The van der Waals surface area contributed by atoms with E-state index in [1.807, 2.05) is 0 Å². The van der Waals surface area contributed by atoms with E-state index in [2.05, 4.69) is 17.1 Å². The zero-order valence-electron chi connectivity index (χ0n) is 9.34. The van der Waals surface area contributed by atoms with Gasteiger partial charge in [-0.25, -0.2) is 0 Å². The van der Waals surface area contributed by atoms with E-state index in [1.54, 1.807) is 0 Å². The molecular weight excluding hydrogens is 206 g/mol. The predicted molar refractivity (Wildman–Crippen MR) is 64.4 cm³/mol. The van der Waals surface area contributed by atoms with Crippen LogP contribution in [0.5, 0.6) is 0 Å². The minimum absolute atomic E-state index is 0.307. The largest absolute Gasteiger partial charge is 0.375 e. The number of hydrogen-bond acceptors (Lipinski definition) is 3. The normalized spacial score (nSPS) is 39.2. The first-order valence-electron chi connectivity index (χ1n) is 6.34. The van der Waals surface area contributed by atoms with Gasteiger partial charge in [-0.05, 0) is 44.3 Å². The minimum atomic E-state index is 0.307. The second kappa shape index (κ2) is 4.27. The highest BCUT2D eigenvalue weighted by Gasteiger charge is 2.42. The first-order valence-corrected chi connectivity index (χ1v) is 7.50. The molecule has 0 radical (unpaired) electrons. The van der Waals surface area contributed by atoms with Gasteiger partial charge in [-0.2, -0.15) is 11.8 Å². The lowest BCUT2D eigenvalue weighted by molar-refractivity contribution is -0.136. The molecule has 1 saturated carbocycles. The van der Waals surface area contributed by atoms with Crippen LogP contribution in [-0.4, -0.2) is 35.8 Å². The average molecular weight is 227 g/mol. The first kappa shape index (κ1) is 10.4. The third-order valence-corrected chi connectivity index (χ3v) is 5.32. The van der Waals surface area contributed by atoms with Gasteiger partial charge in [0.2, 0.25) is 0 Å². The molecule has 2 saturated heterocycles. The predicted octanol–water partition coefficient (Wildman–Crippen LogP) is 2.18. The highest BCUT2D eigenvalue weighted by atomic mass is 32.2. The molecule has 2 heterocycles. The Morgan fingerprint density at radius 2 is 2.13 bits per heavy atom. The molecule has 2 atom stereocenters. The van der Waals surface area contributed by atoms with Crippen molar-refractivity contribution in [3.63, 3.8) is 0 Å². The molecule has 86 valence electrons. The third kappa shape index (κ3) is 2.20. The van der Waals surface area contributed by atoms with Crippen LogP contribution in [0.15, 0.2) is 0 Å². The third-order valence-electron chi connectivity index (χ3n) is 4.16. The van der Waals surface area contributed by atoms with Crippen LogP contribution < -0.4 is 5.32 Å². The fourth-order valence-electron chi connectivity index (χ4n) is 3.09. The molecule has 0 bridgehead atoms. The molecule has 1 aliphatic carbocycles. The molecule has 0 amide bonds. The van der Waals surface area contributed by atoms with Crippen LogP contribution in [0.1, 0.15) is 38.5 Å². The molecule has 3 aliphatic rings. The number of thioether (sulfide) groups is 1. The van der Waals surface area contributed by atoms with Crippen molar-refractivity contribution in [1.82, 2.24) is 5.32 Å². The Labute approximate surface area is 96.5 Å². The molecule has 0 aromatic rings. The second-order valence-electron chi connectivity index (χ2n) is 5.30. The zero-order valence-corrected chi connectivity index (χ0v) is 10.2. The van der Waals surface area contributed by atoms with Crippen molar-refractivity contribution in [3.05, 3.63) is 0 Å². The van der Waals surface area contributed by atoms with Gasteiger partial charge in [-0.3, -0.25) is 0 Å². The molecule has 1 N–H and O–H groups in total. The van der Waals surface area contributed by atoms with Crippen molar-refractivity contribution in [3.8, 4) is 0 Å². The first-order chi connectivity index (χ1) is 7.36. The SMILES string of the molecule is C1CC2(C1)CC(NC1CCSC1)CCO2. The number of ether oxygens (including phenoxy) is 1. The topological polar surface area (TPSA) is 21.3 Å². The van der Waals surface area contributed by atoms with Crippen molar-refractivity contribution in [2.45, 2.75) is 56.2 Å². The number of hydrogen-bond donors (Lipinski definition) is 1. The van der Waals surface area contributed by atoms with E-state index in [1.165, 1.54) is 50.0 Å². The molecule has 2 nitrogen and oxygen atoms in total. The zero-order chi connectivity index (χ0) is 10.1. The van der Waals surface area contributed by atoms with E-state index in [4.69, 9.17) is 4.74 Å². The summed E-state index contributed by atoms with van der Waals surface area (Å²) in [5, 5.41) is 3.84. The van der Waals surface area contributed by atoms with Crippen molar-refractivity contribution in [2.24, 2.45) is 0 Å². The molecule has 0 aromatic carbocycles. The van der Waals surface area contributed by atoms with Gasteiger partial charge < -0.3 is 10.1 Å². The second-order valence-corrected chi connectivity index (χ2v) is 6.45. The highest BCUT2D eigenvalue weighted by Crippen LogP contribution is 2.42. The average Bonchev–Trinajstić information content (AvgIpc) is 2.69. The maximum absolute atomic E-state index is 5.95. The Morgan fingerprint density at radius 3 is 2.80 bits per heavy atom. The lowest BCUT2D eigenvalue weighted by atomic mass is 9.74. The Kier molecular flexibility index (Phi) is 2.97. The number of nitrogens with one attached hydrogen (secondary N) is 1. The van der Waals surface area contributed by atoms with Gasteiger partial charge in [0, 0.05) is 24.4 Å². The van der Waals surface area contributed by atoms with Crippen LogP contribution in [-0.2, 0) is 4.74 Å². The van der Waals surface area contributed by atoms with E-state index in [0.29, 0.717) is 5.60 Å². The van der Waals surface area contributed by atoms with Gasteiger partial charge in [-0.15, -0.1) is 0 Å². The van der Waals surface area contributed by atoms with Gasteiger partial charge in [0.05, 0.1) is 5.60 Å². The van der Waals surface area contributed by atoms with E-state index in [-0.39, 0.29) is 0 Å². The minimum Gasteiger partial charge on any atom is -0.375 e. The lowest BCUT2D eigenvalue weighted by Crippen LogP contribution is -2.52. The fraction of sp³-hybridized carbons (Fsp3) is 1.00. The summed E-state index contributed by atoms with van der Waals surface area (Å²) in [6.45, 7) is 0.984. The summed E-state index contributed by atoms with van der Waals surface area (Å²) in [7, 11) is 0. The van der Waals surface area contributed by atoms with E-state index < -0.39 is 0 Å². The van der Waals surface area contributed by atoms with Crippen molar-refractivity contribution >= 4 is 11.8 Å². The van der Waals surface area contributed by atoms with Crippen LogP contribution in [0.3, 0.4) is 0 Å². The maximum atomic E-state index is 5.95. The Hall–Kier alpha value is 0.270. The molecule has 3 heteroatoms. The molecule has 3 rings (SSSR count). The van der Waals surface area contributed by atoms with Crippen LogP contribution in [0.25, 0.3) is 0 Å². The van der Waals surface area contributed by atoms with Crippen LogP contribution in [0.4, 0.5) is 0 Å². The van der Waals surface area contributed by atoms with E-state index in [9.17, 15) is 0 Å². The molecule has 3 fully saturated rings.